The first-order valence-electron chi connectivity index (χ1n) is 16.5. The number of terminal acetylenes is 1. The van der Waals surface area contributed by atoms with Crippen molar-refractivity contribution in [2.45, 2.75) is 58.3 Å². The fraction of sp³-hybridized carbons (Fsp3) is 0.300. The van der Waals surface area contributed by atoms with Gasteiger partial charge in [0.25, 0.3) is 11.8 Å². The summed E-state index contributed by atoms with van der Waals surface area (Å²) >= 11 is 0. The second-order valence-corrected chi connectivity index (χ2v) is 11.7. The van der Waals surface area contributed by atoms with Crippen molar-refractivity contribution in [3.8, 4) is 18.6 Å². The van der Waals surface area contributed by atoms with E-state index < -0.39 is 0 Å². The molecule has 3 atom stereocenters. The number of amides is 2. The number of hydrogen-bond donors (Lipinski definition) is 2. The predicted molar refractivity (Wildman–Crippen MR) is 190 cm³/mol. The molecule has 0 saturated heterocycles. The monoisotopic (exact) mass is 628 g/mol. The van der Waals surface area contributed by atoms with Crippen molar-refractivity contribution in [1.82, 2.24) is 10.6 Å². The third kappa shape index (κ3) is 6.41. The maximum absolute atomic E-state index is 12.6. The van der Waals surface area contributed by atoms with Crippen LogP contribution in [0, 0.1) is 12.8 Å². The molecule has 7 nitrogen and oxygen atoms in total. The van der Waals surface area contributed by atoms with Crippen molar-refractivity contribution < 1.29 is 14.3 Å². The van der Waals surface area contributed by atoms with Crippen LogP contribution in [0.4, 0.5) is 11.4 Å². The van der Waals surface area contributed by atoms with Gasteiger partial charge in [-0.1, -0.05) is 87.5 Å². The van der Waals surface area contributed by atoms with Gasteiger partial charge < -0.3 is 25.2 Å². The number of benzene rings is 4. The van der Waals surface area contributed by atoms with Gasteiger partial charge in [-0.2, -0.15) is 0 Å². The minimum Gasteiger partial charge on any atom is -0.497 e. The summed E-state index contributed by atoms with van der Waals surface area (Å²) in [6.45, 7) is 8.16. The Balaban J connectivity index is 0.000000168. The summed E-state index contributed by atoms with van der Waals surface area (Å²) in [5.41, 5.74) is 8.60. The van der Waals surface area contributed by atoms with Gasteiger partial charge in [0.2, 0.25) is 0 Å². The van der Waals surface area contributed by atoms with E-state index in [9.17, 15) is 9.59 Å². The van der Waals surface area contributed by atoms with Crippen molar-refractivity contribution >= 4 is 23.2 Å². The highest BCUT2D eigenvalue weighted by Gasteiger charge is 2.37. The van der Waals surface area contributed by atoms with Gasteiger partial charge in [-0.15, -0.1) is 12.8 Å². The van der Waals surface area contributed by atoms with Crippen molar-refractivity contribution in [1.29, 1.82) is 0 Å². The van der Waals surface area contributed by atoms with Gasteiger partial charge in [0.15, 0.2) is 0 Å². The Hall–Kier alpha value is -5.22. The molecule has 4 aliphatic rings. The molecule has 4 heterocycles. The Morgan fingerprint density at radius 1 is 0.723 bits per heavy atom. The Labute approximate surface area is 278 Å². The lowest BCUT2D eigenvalue weighted by Gasteiger charge is -2.44. The lowest BCUT2D eigenvalue weighted by molar-refractivity contribution is 0.0917. The lowest BCUT2D eigenvalue weighted by atomic mass is 9.87. The molecule has 2 amide bonds. The molecule has 242 valence electrons. The van der Waals surface area contributed by atoms with E-state index in [0.717, 1.165) is 71.7 Å². The highest BCUT2D eigenvalue weighted by atomic mass is 16.5. The molecule has 0 radical (unpaired) electrons. The Morgan fingerprint density at radius 2 is 1.32 bits per heavy atom. The predicted octanol–water partition coefficient (Wildman–Crippen LogP) is 7.61. The van der Waals surface area contributed by atoms with Crippen LogP contribution in [0.1, 0.15) is 94.8 Å². The van der Waals surface area contributed by atoms with E-state index in [4.69, 9.17) is 4.74 Å². The van der Waals surface area contributed by atoms with Crippen LogP contribution in [0.5, 0.6) is 5.75 Å². The molecule has 4 aliphatic heterocycles. The van der Waals surface area contributed by atoms with E-state index in [2.05, 4.69) is 64.5 Å². The van der Waals surface area contributed by atoms with Gasteiger partial charge in [0.1, 0.15) is 18.1 Å². The number of nitrogens with one attached hydrogen (secondary N) is 2. The normalized spacial score (nSPS) is 19.7. The van der Waals surface area contributed by atoms with Crippen molar-refractivity contribution in [3.05, 3.63) is 124 Å². The zero-order chi connectivity index (χ0) is 33.5. The highest BCUT2D eigenvalue weighted by Crippen LogP contribution is 2.44. The van der Waals surface area contributed by atoms with Gasteiger partial charge >= 0.3 is 0 Å². The van der Waals surface area contributed by atoms with Crippen LogP contribution >= 0.6 is 0 Å². The molecule has 0 aliphatic carbocycles. The number of carbonyl (C=O) groups excluding carboxylic acids is 2. The molecule has 2 N–H and O–H groups in total. The zero-order valence-corrected chi connectivity index (χ0v) is 27.7. The van der Waals surface area contributed by atoms with Gasteiger partial charge in [0, 0.05) is 13.1 Å². The Morgan fingerprint density at radius 3 is 2.02 bits per heavy atom. The molecule has 8 rings (SSSR count). The summed E-state index contributed by atoms with van der Waals surface area (Å²) in [4.78, 5) is 29.6. The first-order valence-corrected chi connectivity index (χ1v) is 16.5. The summed E-state index contributed by atoms with van der Waals surface area (Å²) in [7, 11) is 1.66. The number of anilines is 2. The minimum atomic E-state index is -0.140. The average Bonchev–Trinajstić information content (AvgIpc) is 3.14. The first-order chi connectivity index (χ1) is 23.0. The first kappa shape index (κ1) is 33.2. The maximum Gasteiger partial charge on any atom is 0.255 e. The van der Waals surface area contributed by atoms with Crippen LogP contribution in [0.15, 0.2) is 91.0 Å². The topological polar surface area (TPSA) is 73.9 Å². The molecule has 0 saturated carbocycles. The molecule has 0 bridgehead atoms. The molecule has 7 heteroatoms. The molecule has 0 aromatic heterocycles. The number of ether oxygens (including phenoxy) is 1. The van der Waals surface area contributed by atoms with Gasteiger partial charge in [-0.3, -0.25) is 9.59 Å². The van der Waals surface area contributed by atoms with E-state index >= 15 is 0 Å². The lowest BCUT2D eigenvalue weighted by Crippen LogP contribution is -2.49. The summed E-state index contributed by atoms with van der Waals surface area (Å²) in [5.74, 6) is 1.33. The molecule has 0 fully saturated rings. The molecule has 0 unspecified atom stereocenters. The minimum absolute atomic E-state index is 0.0000184. The maximum atomic E-state index is 12.6. The summed E-state index contributed by atoms with van der Waals surface area (Å²) in [5, 5.41) is 6.29. The molecule has 4 aromatic carbocycles. The summed E-state index contributed by atoms with van der Waals surface area (Å²) < 4.78 is 5.33. The Kier molecular flexibility index (Phi) is 10.5. The molecule has 47 heavy (non-hydrogen) atoms. The van der Waals surface area contributed by atoms with Crippen LogP contribution in [-0.2, 0) is 6.42 Å². The number of nitrogens with zero attached hydrogens (tertiary/aromatic N) is 2. The van der Waals surface area contributed by atoms with Gasteiger partial charge in [-0.25, -0.2) is 0 Å². The van der Waals surface area contributed by atoms with Gasteiger partial charge in [-0.05, 0) is 71.7 Å². The van der Waals surface area contributed by atoms with Crippen LogP contribution < -0.4 is 25.2 Å². The molecule has 4 aromatic rings. The van der Waals surface area contributed by atoms with Crippen molar-refractivity contribution in [2.24, 2.45) is 0 Å². The summed E-state index contributed by atoms with van der Waals surface area (Å²) in [6, 6.07) is 30.2. The standard InChI is InChI=1S/C19H20N2O2.C17H16N2O.C2H6.C2H2/c1-12-9-10-21-17-15(12)7-4-8-16(17)19(22)20-18(21)13-5-3-6-14(11-13)23-2;20-17-14-10-4-8-12-9-5-11-19(15(12)14)16(18-17)13-6-2-1-3-7-13;2*1-2/h3-8,11-12,18H,9-10H2,1-2H3,(H,20,22);1-4,6-8,10,16H,5,9,11H2,(H,18,20);1-2H3;1-2H/t12-,18-;16-;;/m01../s1. The second kappa shape index (κ2) is 14.9. The van der Waals surface area contributed by atoms with E-state index in [1.807, 2.05) is 80.6 Å². The summed E-state index contributed by atoms with van der Waals surface area (Å²) in [6.07, 6.45) is 11.1. The third-order valence-corrected chi connectivity index (χ3v) is 9.11. The molecular formula is C40H44N4O3. The van der Waals surface area contributed by atoms with Crippen LogP contribution in [0.25, 0.3) is 0 Å². The number of rotatable bonds is 3. The van der Waals surface area contributed by atoms with Crippen LogP contribution in [0.3, 0.4) is 0 Å². The van der Waals surface area contributed by atoms with Crippen LogP contribution in [0.2, 0.25) is 0 Å². The largest absolute Gasteiger partial charge is 0.497 e. The van der Waals surface area contributed by atoms with Crippen LogP contribution in [-0.4, -0.2) is 32.0 Å². The zero-order valence-electron chi connectivity index (χ0n) is 27.7. The Bertz CT molecular complexity index is 1730. The second-order valence-electron chi connectivity index (χ2n) is 11.7. The molecular weight excluding hydrogens is 584 g/mol. The van der Waals surface area contributed by atoms with E-state index in [0.29, 0.717) is 5.92 Å². The number of carbonyl (C=O) groups is 2. The van der Waals surface area contributed by atoms with E-state index in [1.54, 1.807) is 7.11 Å². The number of methoxy groups -OCH3 is 1. The SMILES string of the molecule is C#C.CC.COc1cccc([C@H]2NC(=O)c3cccc4c3N2CC[C@@H]4C)c1.O=C1N[C@@H](c2ccccc2)N2CCCc3cccc1c32. The van der Waals surface area contributed by atoms with Crippen molar-refractivity contribution in [2.75, 3.05) is 30.0 Å². The number of hydrogen-bond acceptors (Lipinski definition) is 5. The third-order valence-electron chi connectivity index (χ3n) is 9.11. The smallest absolute Gasteiger partial charge is 0.255 e. The fourth-order valence-electron chi connectivity index (χ4n) is 6.98. The quantitative estimate of drug-likeness (QED) is 0.229. The van der Waals surface area contributed by atoms with Crippen molar-refractivity contribution in [3.63, 3.8) is 0 Å². The number of aryl methyl sites for hydroxylation is 1. The average molecular weight is 629 g/mol. The van der Waals surface area contributed by atoms with E-state index in [1.165, 1.54) is 11.1 Å². The fourth-order valence-corrected chi connectivity index (χ4v) is 6.98. The number of para-hydroxylation sites is 2. The molecule has 0 spiro atoms. The van der Waals surface area contributed by atoms with Gasteiger partial charge in [0.05, 0.1) is 29.6 Å². The highest BCUT2D eigenvalue weighted by molar-refractivity contribution is 6.04. The van der Waals surface area contributed by atoms with E-state index in [-0.39, 0.29) is 24.1 Å².